The van der Waals surface area contributed by atoms with Gasteiger partial charge in [-0.15, -0.1) is 0 Å². The predicted octanol–water partition coefficient (Wildman–Crippen LogP) is 6.27. The first-order valence-corrected chi connectivity index (χ1v) is 13.8. The van der Waals surface area contributed by atoms with Crippen LogP contribution in [0.5, 0.6) is 11.5 Å². The highest BCUT2D eigenvalue weighted by molar-refractivity contribution is 7.17. The Bertz CT molecular complexity index is 1490. The first-order valence-electron chi connectivity index (χ1n) is 13.0. The third kappa shape index (κ3) is 5.99. The number of rotatable bonds is 11. The summed E-state index contributed by atoms with van der Waals surface area (Å²) in [5.74, 6) is -0.742. The molecular formula is C31H32N2O6S. The summed E-state index contributed by atoms with van der Waals surface area (Å²) in [5.41, 5.74) is 1.68. The summed E-state index contributed by atoms with van der Waals surface area (Å²) in [5, 5.41) is 11.2. The molecule has 2 heterocycles. The molecule has 1 amide bonds. The topological polar surface area (TPSA) is 106 Å². The number of amides is 1. The molecule has 0 aliphatic carbocycles. The number of benzene rings is 2. The van der Waals surface area contributed by atoms with E-state index in [1.807, 2.05) is 30.3 Å². The first kappa shape index (κ1) is 28.8. The van der Waals surface area contributed by atoms with Gasteiger partial charge in [0.1, 0.15) is 0 Å². The molecule has 1 N–H and O–H groups in total. The van der Waals surface area contributed by atoms with Crippen LogP contribution in [0.3, 0.4) is 0 Å². The Balaban J connectivity index is 1.79. The number of aryl methyl sites for hydroxylation is 1. The minimum Gasteiger partial charge on any atom is -0.503 e. The lowest BCUT2D eigenvalue weighted by Gasteiger charge is -2.25. The summed E-state index contributed by atoms with van der Waals surface area (Å²) in [6, 6.07) is 13.4. The van der Waals surface area contributed by atoms with Gasteiger partial charge in [-0.1, -0.05) is 67.7 Å². The number of Topliss-reactive ketones (excluding diaryl/α,β-unsaturated/α-hetero) is 1. The highest BCUT2D eigenvalue weighted by Gasteiger charge is 2.45. The zero-order valence-corrected chi connectivity index (χ0v) is 24.0. The molecule has 8 nitrogen and oxygen atoms in total. The van der Waals surface area contributed by atoms with E-state index in [-0.39, 0.29) is 16.5 Å². The van der Waals surface area contributed by atoms with Gasteiger partial charge in [0.15, 0.2) is 34.0 Å². The molecule has 3 aromatic rings. The molecule has 0 radical (unpaired) electrons. The van der Waals surface area contributed by atoms with Gasteiger partial charge in [-0.25, -0.2) is 4.98 Å². The predicted molar refractivity (Wildman–Crippen MR) is 155 cm³/mol. The third-order valence-electron chi connectivity index (χ3n) is 6.47. The normalized spacial score (nSPS) is 15.4. The van der Waals surface area contributed by atoms with E-state index in [9.17, 15) is 19.5 Å². The third-order valence-corrected chi connectivity index (χ3v) is 7.73. The second-order valence-electron chi connectivity index (χ2n) is 9.86. The van der Waals surface area contributed by atoms with E-state index in [1.54, 1.807) is 31.2 Å². The average Bonchev–Trinajstić information content (AvgIpc) is 3.44. The zero-order chi connectivity index (χ0) is 29.0. The fourth-order valence-electron chi connectivity index (χ4n) is 4.39. The minimum atomic E-state index is -1.01. The molecule has 0 fully saturated rings. The van der Waals surface area contributed by atoms with E-state index in [2.05, 4.69) is 18.8 Å². The van der Waals surface area contributed by atoms with Crippen LogP contribution in [0.15, 0.2) is 65.9 Å². The maximum absolute atomic E-state index is 13.5. The number of ketones is 2. The number of ether oxygens (including phenoxy) is 2. The number of anilines is 1. The monoisotopic (exact) mass is 560 g/mol. The Hall–Kier alpha value is -4.24. The van der Waals surface area contributed by atoms with Crippen molar-refractivity contribution in [3.63, 3.8) is 0 Å². The van der Waals surface area contributed by atoms with Gasteiger partial charge in [0.25, 0.3) is 5.91 Å². The number of hydrogen-bond donors (Lipinski definition) is 1. The summed E-state index contributed by atoms with van der Waals surface area (Å²) in [6.07, 6.45) is 3.82. The molecule has 1 aliphatic heterocycles. The summed E-state index contributed by atoms with van der Waals surface area (Å²) in [6.45, 7) is 7.83. The SMILES string of the molecule is COc1cc(C2C(C(=O)/C=C/c3ccccc3)=C(O)C(=O)N2c2nc(C)c(C(C)=O)s2)ccc1OCCC(C)C. The number of aliphatic hydroxyl groups excluding tert-OH is 1. The molecule has 0 bridgehead atoms. The maximum atomic E-state index is 13.5. The minimum absolute atomic E-state index is 0.0926. The number of thiazole rings is 1. The van der Waals surface area contributed by atoms with Crippen LogP contribution in [0.2, 0.25) is 0 Å². The van der Waals surface area contributed by atoms with Crippen molar-refractivity contribution in [2.45, 2.75) is 40.2 Å². The molecule has 1 unspecified atom stereocenters. The first-order chi connectivity index (χ1) is 19.1. The average molecular weight is 561 g/mol. The van der Waals surface area contributed by atoms with Crippen molar-refractivity contribution in [1.29, 1.82) is 0 Å². The maximum Gasteiger partial charge on any atom is 0.296 e. The number of nitrogens with zero attached hydrogens (tertiary/aromatic N) is 2. The van der Waals surface area contributed by atoms with Crippen LogP contribution < -0.4 is 14.4 Å². The Morgan fingerprint density at radius 3 is 2.50 bits per heavy atom. The van der Waals surface area contributed by atoms with Crippen molar-refractivity contribution in [1.82, 2.24) is 4.98 Å². The highest BCUT2D eigenvalue weighted by atomic mass is 32.1. The second-order valence-corrected chi connectivity index (χ2v) is 10.8. The van der Waals surface area contributed by atoms with Crippen LogP contribution in [0.4, 0.5) is 5.13 Å². The number of aromatic nitrogens is 1. The van der Waals surface area contributed by atoms with E-state index in [1.165, 1.54) is 25.0 Å². The van der Waals surface area contributed by atoms with Gasteiger partial charge >= 0.3 is 0 Å². The summed E-state index contributed by atoms with van der Waals surface area (Å²) in [4.78, 5) is 45.3. The summed E-state index contributed by atoms with van der Waals surface area (Å²) >= 11 is 1.04. The molecule has 0 spiro atoms. The molecular weight excluding hydrogens is 528 g/mol. The van der Waals surface area contributed by atoms with E-state index in [0.717, 1.165) is 23.3 Å². The highest BCUT2D eigenvalue weighted by Crippen LogP contribution is 2.45. The van der Waals surface area contributed by atoms with Crippen molar-refractivity contribution in [2.75, 3.05) is 18.6 Å². The molecule has 4 rings (SSSR count). The molecule has 1 aromatic heterocycles. The smallest absolute Gasteiger partial charge is 0.296 e. The zero-order valence-electron chi connectivity index (χ0n) is 23.1. The Kier molecular flexibility index (Phi) is 8.84. The lowest BCUT2D eigenvalue weighted by molar-refractivity contribution is -0.117. The van der Waals surface area contributed by atoms with Gasteiger partial charge in [-0.3, -0.25) is 19.3 Å². The molecule has 2 aromatic carbocycles. The van der Waals surface area contributed by atoms with Crippen LogP contribution in [0, 0.1) is 12.8 Å². The lowest BCUT2D eigenvalue weighted by Crippen LogP contribution is -2.30. The quantitative estimate of drug-likeness (QED) is 0.218. The molecule has 40 heavy (non-hydrogen) atoms. The molecule has 0 saturated carbocycles. The molecule has 9 heteroatoms. The fraction of sp³-hybridized carbons (Fsp3) is 0.290. The van der Waals surface area contributed by atoms with Crippen molar-refractivity contribution in [2.24, 2.45) is 5.92 Å². The Morgan fingerprint density at radius 1 is 1.15 bits per heavy atom. The number of allylic oxidation sites excluding steroid dienone is 1. The summed E-state index contributed by atoms with van der Waals surface area (Å²) in [7, 11) is 1.51. The Morgan fingerprint density at radius 2 is 1.88 bits per heavy atom. The Labute approximate surface area is 237 Å². The van der Waals surface area contributed by atoms with E-state index < -0.39 is 23.5 Å². The van der Waals surface area contributed by atoms with Crippen molar-refractivity contribution in [3.8, 4) is 11.5 Å². The molecule has 208 valence electrons. The molecule has 0 saturated heterocycles. The standard InChI is InChI=1S/C31H32N2O6S/c1-18(2)15-16-39-24-14-12-22(17-25(24)38-5)27-26(23(35)13-11-21-9-7-6-8-10-21)28(36)30(37)33(27)31-32-19(3)29(40-31)20(4)34/h6-14,17-18,27,36H,15-16H2,1-5H3/b13-11+. The van der Waals surface area contributed by atoms with Crippen LogP contribution in [-0.2, 0) is 9.59 Å². The van der Waals surface area contributed by atoms with Gasteiger partial charge in [0, 0.05) is 6.92 Å². The van der Waals surface area contributed by atoms with Gasteiger partial charge in [-0.2, -0.15) is 0 Å². The molecule has 1 aliphatic rings. The van der Waals surface area contributed by atoms with E-state index in [4.69, 9.17) is 9.47 Å². The van der Waals surface area contributed by atoms with Crippen molar-refractivity contribution in [3.05, 3.63) is 87.6 Å². The molecule has 1 atom stereocenters. The number of methoxy groups -OCH3 is 1. The summed E-state index contributed by atoms with van der Waals surface area (Å²) < 4.78 is 11.5. The number of carbonyl (C=O) groups is 3. The van der Waals surface area contributed by atoms with Crippen molar-refractivity contribution < 1.29 is 29.0 Å². The van der Waals surface area contributed by atoms with Gasteiger partial charge in [-0.05, 0) is 48.6 Å². The van der Waals surface area contributed by atoms with Gasteiger partial charge in [0.05, 0.1) is 35.9 Å². The van der Waals surface area contributed by atoms with Crippen LogP contribution >= 0.6 is 11.3 Å². The number of carbonyl (C=O) groups excluding carboxylic acids is 3. The lowest BCUT2D eigenvalue weighted by atomic mass is 9.95. The van der Waals surface area contributed by atoms with Gasteiger partial charge in [0.2, 0.25) is 0 Å². The largest absolute Gasteiger partial charge is 0.503 e. The van der Waals surface area contributed by atoms with Crippen LogP contribution in [0.1, 0.15) is 59.7 Å². The van der Waals surface area contributed by atoms with E-state index in [0.29, 0.717) is 40.2 Å². The fourth-order valence-corrected chi connectivity index (χ4v) is 5.37. The van der Waals surface area contributed by atoms with Crippen LogP contribution in [0.25, 0.3) is 6.08 Å². The number of hydrogen-bond acceptors (Lipinski definition) is 8. The van der Waals surface area contributed by atoms with Crippen LogP contribution in [-0.4, -0.2) is 41.3 Å². The number of aliphatic hydroxyl groups is 1. The van der Waals surface area contributed by atoms with Crippen molar-refractivity contribution >= 4 is 40.0 Å². The second kappa shape index (κ2) is 12.3. The van der Waals surface area contributed by atoms with Gasteiger partial charge < -0.3 is 14.6 Å². The van der Waals surface area contributed by atoms with E-state index >= 15 is 0 Å².